The van der Waals surface area contributed by atoms with E-state index in [0.717, 1.165) is 19.3 Å². The molecule has 39 heavy (non-hydrogen) atoms. The predicted molar refractivity (Wildman–Crippen MR) is 149 cm³/mol. The monoisotopic (exact) mass is 546 g/mol. The number of rotatable bonds is 6. The maximum absolute atomic E-state index is 15.5. The summed E-state index contributed by atoms with van der Waals surface area (Å²) in [5, 5.41) is 8.20. The van der Waals surface area contributed by atoms with E-state index >= 15 is 4.39 Å². The second-order valence-electron chi connectivity index (χ2n) is 9.67. The molecule has 0 radical (unpaired) electrons. The average Bonchev–Trinajstić information content (AvgIpc) is 3.11. The molecule has 0 aliphatic carbocycles. The van der Waals surface area contributed by atoms with Crippen molar-refractivity contribution in [2.75, 3.05) is 11.9 Å². The van der Waals surface area contributed by atoms with Gasteiger partial charge in [-0.2, -0.15) is 5.10 Å². The number of Topliss-reactive ketones (excluding diaryl/α,β-unsaturated/α-hetero) is 1. The van der Waals surface area contributed by atoms with Crippen molar-refractivity contribution in [3.63, 3.8) is 0 Å². The van der Waals surface area contributed by atoms with Crippen LogP contribution in [0.4, 0.5) is 10.1 Å². The molecule has 5 rings (SSSR count). The minimum atomic E-state index is -0.766. The summed E-state index contributed by atoms with van der Waals surface area (Å²) in [6.07, 6.45) is 2.86. The molecule has 2 amide bonds. The molecule has 3 aromatic carbocycles. The van der Waals surface area contributed by atoms with Crippen LogP contribution in [0.25, 0.3) is 22.0 Å². The van der Waals surface area contributed by atoms with Gasteiger partial charge in [0.25, 0.3) is 0 Å². The van der Waals surface area contributed by atoms with Crippen LogP contribution in [-0.4, -0.2) is 44.9 Å². The number of anilines is 1. The Morgan fingerprint density at radius 2 is 1.72 bits per heavy atom. The van der Waals surface area contributed by atoms with Crippen LogP contribution in [0.3, 0.4) is 0 Å². The number of carbonyl (C=O) groups is 3. The molecule has 0 bridgehead atoms. The minimum absolute atomic E-state index is 0.0261. The standard InChI is InChI=1S/C30H28ClFN4O3/c1-19(37)29-22-11-5-7-15-25(22)36(34-29)18-27(38)35-17-8-2-3-16-26(35)30(39)33-24-14-9-12-21(28(24)32)20-10-4-6-13-23(20)31/h4-7,9-15,26H,2-3,8,16-18H2,1H3,(H,33,39)/t26-/m0/s1. The van der Waals surface area contributed by atoms with Crippen LogP contribution in [0.5, 0.6) is 0 Å². The maximum Gasteiger partial charge on any atom is 0.247 e. The van der Waals surface area contributed by atoms with Crippen LogP contribution in [0.1, 0.15) is 43.1 Å². The molecular weight excluding hydrogens is 519 g/mol. The summed E-state index contributed by atoms with van der Waals surface area (Å²) in [5.74, 6) is -1.52. The summed E-state index contributed by atoms with van der Waals surface area (Å²) in [5.41, 5.74) is 1.80. The summed E-state index contributed by atoms with van der Waals surface area (Å²) in [6, 6.07) is 18.2. The third kappa shape index (κ3) is 5.43. The van der Waals surface area contributed by atoms with Crippen LogP contribution in [0, 0.1) is 5.82 Å². The first-order valence-corrected chi connectivity index (χ1v) is 13.3. The summed E-state index contributed by atoms with van der Waals surface area (Å²) in [4.78, 5) is 40.7. The zero-order chi connectivity index (χ0) is 27.5. The minimum Gasteiger partial charge on any atom is -0.329 e. The molecule has 0 spiro atoms. The summed E-state index contributed by atoms with van der Waals surface area (Å²) < 4.78 is 17.0. The normalized spacial score (nSPS) is 15.7. The van der Waals surface area contributed by atoms with Crippen molar-refractivity contribution in [2.24, 2.45) is 0 Å². The van der Waals surface area contributed by atoms with Gasteiger partial charge in [0.05, 0.1) is 11.2 Å². The number of hydrogen-bond acceptors (Lipinski definition) is 4. The van der Waals surface area contributed by atoms with E-state index in [9.17, 15) is 14.4 Å². The highest BCUT2D eigenvalue weighted by Crippen LogP contribution is 2.33. The van der Waals surface area contributed by atoms with Gasteiger partial charge in [0, 0.05) is 35.0 Å². The van der Waals surface area contributed by atoms with Gasteiger partial charge in [0.15, 0.2) is 11.6 Å². The largest absolute Gasteiger partial charge is 0.329 e. The molecule has 7 nitrogen and oxygen atoms in total. The molecule has 1 saturated heterocycles. The topological polar surface area (TPSA) is 84.3 Å². The Balaban J connectivity index is 1.40. The van der Waals surface area contributed by atoms with Crippen molar-refractivity contribution >= 4 is 45.8 Å². The van der Waals surface area contributed by atoms with Crippen molar-refractivity contribution < 1.29 is 18.8 Å². The third-order valence-corrected chi connectivity index (χ3v) is 7.40. The second kappa shape index (κ2) is 11.4. The zero-order valence-electron chi connectivity index (χ0n) is 21.5. The molecule has 1 aromatic heterocycles. The van der Waals surface area contributed by atoms with E-state index in [4.69, 9.17) is 11.6 Å². The lowest BCUT2D eigenvalue weighted by Crippen LogP contribution is -2.48. The van der Waals surface area contributed by atoms with Gasteiger partial charge in [-0.1, -0.05) is 73.0 Å². The highest BCUT2D eigenvalue weighted by Gasteiger charge is 2.32. The predicted octanol–water partition coefficient (Wildman–Crippen LogP) is 6.11. The molecule has 1 fully saturated rings. The molecule has 1 aliphatic rings. The van der Waals surface area contributed by atoms with E-state index in [1.54, 1.807) is 47.4 Å². The zero-order valence-corrected chi connectivity index (χ0v) is 22.2. The van der Waals surface area contributed by atoms with E-state index in [1.165, 1.54) is 17.7 Å². The van der Waals surface area contributed by atoms with Gasteiger partial charge in [-0.25, -0.2) is 4.39 Å². The van der Waals surface area contributed by atoms with Crippen molar-refractivity contribution in [3.8, 4) is 11.1 Å². The van der Waals surface area contributed by atoms with Gasteiger partial charge in [-0.05, 0) is 31.0 Å². The van der Waals surface area contributed by atoms with E-state index in [1.807, 2.05) is 18.2 Å². The smallest absolute Gasteiger partial charge is 0.247 e. The highest BCUT2D eigenvalue weighted by atomic mass is 35.5. The molecule has 0 saturated carbocycles. The fourth-order valence-electron chi connectivity index (χ4n) is 5.14. The van der Waals surface area contributed by atoms with Gasteiger partial charge in [-0.3, -0.25) is 19.1 Å². The third-order valence-electron chi connectivity index (χ3n) is 7.07. The number of likely N-dealkylation sites (tertiary alicyclic amines) is 1. The Hall–Kier alpha value is -4.04. The van der Waals surface area contributed by atoms with Crippen molar-refractivity contribution in [1.82, 2.24) is 14.7 Å². The summed E-state index contributed by atoms with van der Waals surface area (Å²) in [7, 11) is 0. The molecule has 1 N–H and O–H groups in total. The summed E-state index contributed by atoms with van der Waals surface area (Å²) in [6.45, 7) is 1.72. The van der Waals surface area contributed by atoms with Crippen LogP contribution in [0.2, 0.25) is 5.02 Å². The molecule has 9 heteroatoms. The Morgan fingerprint density at radius 3 is 2.51 bits per heavy atom. The molecule has 2 heterocycles. The number of carbonyl (C=O) groups excluding carboxylic acids is 3. The van der Waals surface area contributed by atoms with Crippen LogP contribution < -0.4 is 5.32 Å². The molecule has 1 atom stereocenters. The van der Waals surface area contributed by atoms with Crippen molar-refractivity contribution in [3.05, 3.63) is 83.3 Å². The van der Waals surface area contributed by atoms with Crippen LogP contribution in [-0.2, 0) is 16.1 Å². The number of ketones is 1. The number of fused-ring (bicyclic) bond motifs is 1. The number of hydrogen-bond donors (Lipinski definition) is 1. The number of aromatic nitrogens is 2. The molecule has 4 aromatic rings. The number of para-hydroxylation sites is 1. The van der Waals surface area contributed by atoms with Gasteiger partial charge in [0.1, 0.15) is 18.3 Å². The second-order valence-corrected chi connectivity index (χ2v) is 10.1. The SMILES string of the molecule is CC(=O)c1nn(CC(=O)N2CCCCC[C@H]2C(=O)Nc2cccc(-c3ccccc3Cl)c2F)c2ccccc12. The lowest BCUT2D eigenvalue weighted by molar-refractivity contribution is -0.139. The fraction of sp³-hybridized carbons (Fsp3) is 0.267. The van der Waals surface area contributed by atoms with E-state index in [2.05, 4.69) is 10.4 Å². The number of halogens is 2. The van der Waals surface area contributed by atoms with Crippen LogP contribution in [0.15, 0.2) is 66.7 Å². The van der Waals surface area contributed by atoms with E-state index < -0.39 is 17.8 Å². The lowest BCUT2D eigenvalue weighted by atomic mass is 10.0. The molecule has 1 aliphatic heterocycles. The van der Waals surface area contributed by atoms with Crippen LogP contribution >= 0.6 is 11.6 Å². The van der Waals surface area contributed by atoms with Crippen molar-refractivity contribution in [2.45, 2.75) is 45.2 Å². The number of amides is 2. The fourth-order valence-corrected chi connectivity index (χ4v) is 5.38. The first-order chi connectivity index (χ1) is 18.8. The molecule has 0 unspecified atom stereocenters. The first-order valence-electron chi connectivity index (χ1n) is 13.0. The van der Waals surface area contributed by atoms with Gasteiger partial charge in [0.2, 0.25) is 11.8 Å². The lowest BCUT2D eigenvalue weighted by Gasteiger charge is -2.29. The number of nitrogens with zero attached hydrogens (tertiary/aromatic N) is 3. The Labute approximate surface area is 230 Å². The molecular formula is C30H28ClFN4O3. The number of nitrogens with one attached hydrogen (secondary N) is 1. The highest BCUT2D eigenvalue weighted by molar-refractivity contribution is 6.33. The first kappa shape index (κ1) is 26.6. The van der Waals surface area contributed by atoms with Gasteiger partial charge >= 0.3 is 0 Å². The Kier molecular flexibility index (Phi) is 7.74. The van der Waals surface area contributed by atoms with E-state index in [-0.39, 0.29) is 29.5 Å². The van der Waals surface area contributed by atoms with Crippen molar-refractivity contribution in [1.29, 1.82) is 0 Å². The van der Waals surface area contributed by atoms with Gasteiger partial charge < -0.3 is 10.2 Å². The van der Waals surface area contributed by atoms with E-state index in [0.29, 0.717) is 40.1 Å². The Bertz CT molecular complexity index is 1570. The molecule has 200 valence electrons. The average molecular weight is 547 g/mol. The van der Waals surface area contributed by atoms with Gasteiger partial charge in [-0.15, -0.1) is 0 Å². The maximum atomic E-state index is 15.5. The summed E-state index contributed by atoms with van der Waals surface area (Å²) >= 11 is 6.28. The quantitative estimate of drug-likeness (QED) is 0.296. The Morgan fingerprint density at radius 1 is 0.974 bits per heavy atom. The number of benzene rings is 3.